The highest BCUT2D eigenvalue weighted by Crippen LogP contribution is 2.30. The van der Waals surface area contributed by atoms with Gasteiger partial charge in [-0.2, -0.15) is 0 Å². The predicted octanol–water partition coefficient (Wildman–Crippen LogP) is 1.98. The normalized spacial score (nSPS) is 15.8. The van der Waals surface area contributed by atoms with Crippen molar-refractivity contribution in [3.8, 4) is 0 Å². The van der Waals surface area contributed by atoms with E-state index in [2.05, 4.69) is 15.1 Å². The Hall–Kier alpha value is -0.830. The summed E-state index contributed by atoms with van der Waals surface area (Å²) in [5, 5.41) is 8.25. The van der Waals surface area contributed by atoms with E-state index >= 15 is 0 Å². The zero-order valence-electron chi connectivity index (χ0n) is 7.57. The Kier molecular flexibility index (Phi) is 2.36. The van der Waals surface area contributed by atoms with Crippen LogP contribution in [0.2, 0.25) is 5.15 Å². The molecule has 1 heterocycles. The third-order valence-electron chi connectivity index (χ3n) is 2.24. The minimum Gasteiger partial charge on any atom is -0.358 e. The second-order valence-electron chi connectivity index (χ2n) is 3.54. The summed E-state index contributed by atoms with van der Waals surface area (Å²) < 4.78 is 0. The molecular weight excluding hydrogens is 186 g/mol. The third-order valence-corrected chi connectivity index (χ3v) is 2.44. The van der Waals surface area contributed by atoms with Gasteiger partial charge in [-0.25, -0.2) is 0 Å². The quantitative estimate of drug-likeness (QED) is 0.742. The minimum atomic E-state index is 0.448. The molecule has 1 aromatic heterocycles. The molecule has 1 aromatic rings. The zero-order chi connectivity index (χ0) is 9.26. The largest absolute Gasteiger partial charge is 0.358 e. The van der Waals surface area contributed by atoms with Crippen molar-refractivity contribution < 1.29 is 0 Å². The second-order valence-corrected chi connectivity index (χ2v) is 3.93. The maximum atomic E-state index is 5.64. The molecule has 0 N–H and O–H groups in total. The fourth-order valence-electron chi connectivity index (χ4n) is 1.29. The first-order chi connectivity index (χ1) is 6.25. The Morgan fingerprint density at radius 2 is 2.23 bits per heavy atom. The Morgan fingerprint density at radius 3 is 2.77 bits per heavy atom. The molecule has 0 radical (unpaired) electrons. The molecule has 0 bridgehead atoms. The van der Waals surface area contributed by atoms with Crippen LogP contribution in [0, 0.1) is 5.92 Å². The van der Waals surface area contributed by atoms with Gasteiger partial charge < -0.3 is 4.90 Å². The Morgan fingerprint density at radius 1 is 1.46 bits per heavy atom. The summed E-state index contributed by atoms with van der Waals surface area (Å²) in [4.78, 5) is 2.13. The molecule has 0 unspecified atom stereocenters. The highest BCUT2D eigenvalue weighted by Gasteiger charge is 2.23. The summed E-state index contributed by atoms with van der Waals surface area (Å²) in [6.45, 7) is 1.08. The molecule has 4 heteroatoms. The van der Waals surface area contributed by atoms with Crippen molar-refractivity contribution in [2.45, 2.75) is 12.8 Å². The van der Waals surface area contributed by atoms with Crippen molar-refractivity contribution in [2.24, 2.45) is 5.92 Å². The van der Waals surface area contributed by atoms with Gasteiger partial charge in [0.25, 0.3) is 0 Å². The van der Waals surface area contributed by atoms with Crippen LogP contribution in [-0.2, 0) is 0 Å². The molecule has 0 saturated heterocycles. The van der Waals surface area contributed by atoms with Gasteiger partial charge in [0.1, 0.15) is 0 Å². The molecule has 1 aliphatic carbocycles. The molecule has 0 spiro atoms. The molecule has 0 atom stereocenters. The first-order valence-electron chi connectivity index (χ1n) is 4.46. The summed E-state index contributed by atoms with van der Waals surface area (Å²) in [6.07, 6.45) is 2.71. The fourth-order valence-corrected chi connectivity index (χ4v) is 1.39. The van der Waals surface area contributed by atoms with Crippen LogP contribution in [0.5, 0.6) is 0 Å². The van der Waals surface area contributed by atoms with Gasteiger partial charge in [0, 0.05) is 13.6 Å². The monoisotopic (exact) mass is 197 g/mol. The molecule has 3 nitrogen and oxygen atoms in total. The van der Waals surface area contributed by atoms with Crippen LogP contribution in [0.4, 0.5) is 5.82 Å². The van der Waals surface area contributed by atoms with Crippen LogP contribution < -0.4 is 4.90 Å². The highest BCUT2D eigenvalue weighted by atomic mass is 35.5. The van der Waals surface area contributed by atoms with E-state index in [1.54, 1.807) is 6.07 Å². The van der Waals surface area contributed by atoms with Gasteiger partial charge >= 0.3 is 0 Å². The standard InChI is InChI=1S/C9H12ClN3/c1-13(6-7-2-3-7)9-5-4-8(10)11-12-9/h4-5,7H,2-3,6H2,1H3. The number of halogens is 1. The molecule has 13 heavy (non-hydrogen) atoms. The second kappa shape index (κ2) is 3.50. The number of nitrogens with zero attached hydrogens (tertiary/aromatic N) is 3. The molecule has 2 rings (SSSR count). The van der Waals surface area contributed by atoms with E-state index in [1.807, 2.05) is 13.1 Å². The number of rotatable bonds is 3. The Bertz CT molecular complexity index is 281. The van der Waals surface area contributed by atoms with E-state index in [9.17, 15) is 0 Å². The van der Waals surface area contributed by atoms with Crippen LogP contribution in [0.1, 0.15) is 12.8 Å². The van der Waals surface area contributed by atoms with Gasteiger partial charge in [0.05, 0.1) is 0 Å². The van der Waals surface area contributed by atoms with Crippen molar-refractivity contribution in [2.75, 3.05) is 18.5 Å². The van der Waals surface area contributed by atoms with Gasteiger partial charge in [0.15, 0.2) is 11.0 Å². The summed E-state index contributed by atoms with van der Waals surface area (Å²) in [6, 6.07) is 3.67. The van der Waals surface area contributed by atoms with Crippen molar-refractivity contribution in [3.05, 3.63) is 17.3 Å². The van der Waals surface area contributed by atoms with E-state index in [4.69, 9.17) is 11.6 Å². The summed E-state index contributed by atoms with van der Waals surface area (Å²) in [5.41, 5.74) is 0. The summed E-state index contributed by atoms with van der Waals surface area (Å²) >= 11 is 5.64. The SMILES string of the molecule is CN(CC1CC1)c1ccc(Cl)nn1. The van der Waals surface area contributed by atoms with E-state index in [0.29, 0.717) is 5.15 Å². The van der Waals surface area contributed by atoms with E-state index < -0.39 is 0 Å². The molecule has 0 aromatic carbocycles. The van der Waals surface area contributed by atoms with Crippen LogP contribution in [0.25, 0.3) is 0 Å². The fraction of sp³-hybridized carbons (Fsp3) is 0.556. The average molecular weight is 198 g/mol. The van der Waals surface area contributed by atoms with Crippen molar-refractivity contribution >= 4 is 17.4 Å². The first kappa shape index (κ1) is 8.75. The van der Waals surface area contributed by atoms with Crippen LogP contribution in [0.15, 0.2) is 12.1 Å². The minimum absolute atomic E-state index is 0.448. The molecule has 0 aliphatic heterocycles. The first-order valence-corrected chi connectivity index (χ1v) is 4.84. The average Bonchev–Trinajstić information content (AvgIpc) is 2.89. The van der Waals surface area contributed by atoms with Crippen LogP contribution >= 0.6 is 11.6 Å². The maximum Gasteiger partial charge on any atom is 0.151 e. The summed E-state index contributed by atoms with van der Waals surface area (Å²) in [7, 11) is 2.04. The maximum absolute atomic E-state index is 5.64. The number of hydrogen-bond donors (Lipinski definition) is 0. The highest BCUT2D eigenvalue weighted by molar-refractivity contribution is 6.29. The topological polar surface area (TPSA) is 29.0 Å². The zero-order valence-corrected chi connectivity index (χ0v) is 8.33. The van der Waals surface area contributed by atoms with E-state index in [-0.39, 0.29) is 0 Å². The molecule has 1 saturated carbocycles. The van der Waals surface area contributed by atoms with Gasteiger partial charge in [-0.15, -0.1) is 10.2 Å². The van der Waals surface area contributed by atoms with Gasteiger partial charge in [-0.3, -0.25) is 0 Å². The van der Waals surface area contributed by atoms with Gasteiger partial charge in [0.2, 0.25) is 0 Å². The molecule has 1 aliphatic rings. The van der Waals surface area contributed by atoms with Gasteiger partial charge in [-0.05, 0) is 30.9 Å². The van der Waals surface area contributed by atoms with E-state index in [0.717, 1.165) is 18.3 Å². The smallest absolute Gasteiger partial charge is 0.151 e. The summed E-state index contributed by atoms with van der Waals surface area (Å²) in [5.74, 6) is 1.76. The van der Waals surface area contributed by atoms with E-state index in [1.165, 1.54) is 12.8 Å². The lowest BCUT2D eigenvalue weighted by Gasteiger charge is -2.16. The lowest BCUT2D eigenvalue weighted by molar-refractivity contribution is 0.768. The number of hydrogen-bond acceptors (Lipinski definition) is 3. The van der Waals surface area contributed by atoms with Crippen molar-refractivity contribution in [1.29, 1.82) is 0 Å². The number of anilines is 1. The molecule has 70 valence electrons. The molecule has 0 amide bonds. The van der Waals surface area contributed by atoms with Gasteiger partial charge in [-0.1, -0.05) is 11.6 Å². The number of aromatic nitrogens is 2. The Labute approximate surface area is 82.7 Å². The van der Waals surface area contributed by atoms with Crippen molar-refractivity contribution in [1.82, 2.24) is 10.2 Å². The lowest BCUT2D eigenvalue weighted by atomic mass is 10.4. The molecular formula is C9H12ClN3. The van der Waals surface area contributed by atoms with Crippen LogP contribution in [0.3, 0.4) is 0 Å². The lowest BCUT2D eigenvalue weighted by Crippen LogP contribution is -2.21. The van der Waals surface area contributed by atoms with Crippen LogP contribution in [-0.4, -0.2) is 23.8 Å². The molecule has 1 fully saturated rings. The third kappa shape index (κ3) is 2.31. The van der Waals surface area contributed by atoms with Crippen molar-refractivity contribution in [3.63, 3.8) is 0 Å². The Balaban J connectivity index is 2.01. The predicted molar refractivity (Wildman–Crippen MR) is 53.0 cm³/mol.